The van der Waals surface area contributed by atoms with Gasteiger partial charge in [-0.3, -0.25) is 19.1 Å². The fourth-order valence-electron chi connectivity index (χ4n) is 3.22. The molecular weight excluding hydrogens is 336 g/mol. The maximum Gasteiger partial charge on any atom is 0.308 e. The summed E-state index contributed by atoms with van der Waals surface area (Å²) >= 11 is 0. The predicted octanol–water partition coefficient (Wildman–Crippen LogP) is 0.589. The molecule has 0 aliphatic carbocycles. The maximum absolute atomic E-state index is 12.9. The number of aromatic nitrogens is 2. The molecule has 1 aliphatic heterocycles. The van der Waals surface area contributed by atoms with Gasteiger partial charge in [-0.1, -0.05) is 13.8 Å². The van der Waals surface area contributed by atoms with E-state index in [4.69, 9.17) is 0 Å². The smallest absolute Gasteiger partial charge is 0.308 e. The Hall–Kier alpha value is -2.38. The van der Waals surface area contributed by atoms with Crippen LogP contribution in [0.2, 0.25) is 0 Å². The number of hydrogen-bond acceptors (Lipinski definition) is 5. The normalized spacial score (nSPS) is 17.4. The number of carbonyl (C=O) groups is 3. The number of nitrogens with one attached hydrogen (secondary N) is 1. The Morgan fingerprint density at radius 1 is 1.35 bits per heavy atom. The molecule has 1 aromatic rings. The van der Waals surface area contributed by atoms with Crippen LogP contribution in [0.1, 0.15) is 37.2 Å². The molecule has 144 valence electrons. The molecule has 0 radical (unpaired) electrons. The number of hydrogen-bond donors (Lipinski definition) is 1. The predicted molar refractivity (Wildman–Crippen MR) is 95.4 cm³/mol. The van der Waals surface area contributed by atoms with Gasteiger partial charge in [-0.25, -0.2) is 0 Å². The number of aryl methyl sites for hydroxylation is 1. The Bertz CT molecular complexity index is 696. The number of piperazine rings is 1. The molecule has 1 saturated heterocycles. The standard InChI is InChI=1S/C18H28N4O4/c1-11(2)10-22-13(4)14(12(3)20-22)8-16(23)21-7-6-19-18(25)15(21)9-17(24)26-5/h11,15H,6-10H2,1-5H3,(H,19,25). The van der Waals surface area contributed by atoms with Crippen molar-refractivity contribution >= 4 is 17.8 Å². The molecule has 1 fully saturated rings. The first kappa shape index (κ1) is 19.9. The molecule has 0 aromatic carbocycles. The van der Waals surface area contributed by atoms with Crippen molar-refractivity contribution in [1.82, 2.24) is 20.0 Å². The molecule has 1 aliphatic rings. The lowest BCUT2D eigenvalue weighted by Gasteiger charge is -2.34. The van der Waals surface area contributed by atoms with Crippen molar-refractivity contribution in [3.8, 4) is 0 Å². The van der Waals surface area contributed by atoms with Gasteiger partial charge in [0.05, 0.1) is 25.6 Å². The van der Waals surface area contributed by atoms with Gasteiger partial charge in [0.15, 0.2) is 0 Å². The zero-order chi connectivity index (χ0) is 19.4. The molecule has 1 unspecified atom stereocenters. The van der Waals surface area contributed by atoms with E-state index in [1.165, 1.54) is 12.0 Å². The Labute approximate surface area is 153 Å². The summed E-state index contributed by atoms with van der Waals surface area (Å²) in [6.07, 6.45) is 0.0271. The van der Waals surface area contributed by atoms with Crippen LogP contribution in [0.3, 0.4) is 0 Å². The zero-order valence-corrected chi connectivity index (χ0v) is 16.2. The summed E-state index contributed by atoms with van der Waals surface area (Å²) in [4.78, 5) is 38.1. The van der Waals surface area contributed by atoms with E-state index >= 15 is 0 Å². The molecule has 1 aromatic heterocycles. The average molecular weight is 364 g/mol. The summed E-state index contributed by atoms with van der Waals surface area (Å²) in [6, 6.07) is -0.824. The first-order chi connectivity index (χ1) is 12.2. The molecule has 2 heterocycles. The third-order valence-electron chi connectivity index (χ3n) is 4.64. The molecule has 0 saturated carbocycles. The lowest BCUT2D eigenvalue weighted by atomic mass is 10.0. The van der Waals surface area contributed by atoms with E-state index in [-0.39, 0.29) is 24.7 Å². The quantitative estimate of drug-likeness (QED) is 0.746. The van der Waals surface area contributed by atoms with Gasteiger partial charge >= 0.3 is 5.97 Å². The van der Waals surface area contributed by atoms with Crippen molar-refractivity contribution in [1.29, 1.82) is 0 Å². The first-order valence-corrected chi connectivity index (χ1v) is 8.91. The Kier molecular flexibility index (Phi) is 6.39. The van der Waals surface area contributed by atoms with Gasteiger partial charge < -0.3 is 15.0 Å². The number of ether oxygens (including phenoxy) is 1. The minimum atomic E-state index is -0.824. The van der Waals surface area contributed by atoms with Crippen LogP contribution in [-0.4, -0.2) is 58.7 Å². The Balaban J connectivity index is 2.18. The van der Waals surface area contributed by atoms with E-state index in [2.05, 4.69) is 29.0 Å². The van der Waals surface area contributed by atoms with Gasteiger partial charge in [0.25, 0.3) is 0 Å². The van der Waals surface area contributed by atoms with Crippen LogP contribution in [-0.2, 0) is 32.1 Å². The highest BCUT2D eigenvalue weighted by Gasteiger charge is 2.35. The number of carbonyl (C=O) groups excluding carboxylic acids is 3. The summed E-state index contributed by atoms with van der Waals surface area (Å²) in [5.41, 5.74) is 2.68. The summed E-state index contributed by atoms with van der Waals surface area (Å²) in [7, 11) is 1.27. The molecule has 2 amide bonds. The summed E-state index contributed by atoms with van der Waals surface area (Å²) in [5.74, 6) is -0.559. The zero-order valence-electron chi connectivity index (χ0n) is 16.2. The van der Waals surface area contributed by atoms with Crippen LogP contribution in [0.25, 0.3) is 0 Å². The third-order valence-corrected chi connectivity index (χ3v) is 4.64. The first-order valence-electron chi connectivity index (χ1n) is 8.91. The van der Waals surface area contributed by atoms with E-state index in [1.807, 2.05) is 18.5 Å². The fraction of sp³-hybridized carbons (Fsp3) is 0.667. The SMILES string of the molecule is COC(=O)CC1C(=O)NCCN1C(=O)Cc1c(C)nn(CC(C)C)c1C. The highest BCUT2D eigenvalue weighted by Crippen LogP contribution is 2.18. The third kappa shape index (κ3) is 4.42. The Morgan fingerprint density at radius 3 is 2.65 bits per heavy atom. The van der Waals surface area contributed by atoms with E-state index in [1.54, 1.807) is 0 Å². The maximum atomic E-state index is 12.9. The van der Waals surface area contributed by atoms with Crippen LogP contribution >= 0.6 is 0 Å². The molecule has 0 bridgehead atoms. The minimum absolute atomic E-state index is 0.140. The lowest BCUT2D eigenvalue weighted by molar-refractivity contribution is -0.150. The van der Waals surface area contributed by atoms with E-state index in [0.717, 1.165) is 23.5 Å². The highest BCUT2D eigenvalue weighted by atomic mass is 16.5. The van der Waals surface area contributed by atoms with Gasteiger partial charge in [0, 0.05) is 30.9 Å². The second-order valence-corrected chi connectivity index (χ2v) is 7.08. The summed E-state index contributed by atoms with van der Waals surface area (Å²) in [6.45, 7) is 9.63. The molecule has 0 spiro atoms. The number of methoxy groups -OCH3 is 1. The van der Waals surface area contributed by atoms with Crippen molar-refractivity contribution in [2.24, 2.45) is 5.92 Å². The molecule has 2 rings (SSSR count). The molecular formula is C18H28N4O4. The largest absolute Gasteiger partial charge is 0.469 e. The number of nitrogens with zero attached hydrogens (tertiary/aromatic N) is 3. The minimum Gasteiger partial charge on any atom is -0.469 e. The molecule has 8 heteroatoms. The van der Waals surface area contributed by atoms with Crippen LogP contribution in [0, 0.1) is 19.8 Å². The van der Waals surface area contributed by atoms with Gasteiger partial charge in [-0.15, -0.1) is 0 Å². The second kappa shape index (κ2) is 8.33. The van der Waals surface area contributed by atoms with Gasteiger partial charge in [0.1, 0.15) is 6.04 Å². The van der Waals surface area contributed by atoms with Crippen molar-refractivity contribution in [2.75, 3.05) is 20.2 Å². The second-order valence-electron chi connectivity index (χ2n) is 7.08. The van der Waals surface area contributed by atoms with Crippen LogP contribution in [0.15, 0.2) is 0 Å². The number of rotatable bonds is 6. The van der Waals surface area contributed by atoms with Crippen molar-refractivity contribution < 1.29 is 19.1 Å². The van der Waals surface area contributed by atoms with Crippen LogP contribution in [0.5, 0.6) is 0 Å². The van der Waals surface area contributed by atoms with Crippen molar-refractivity contribution in [3.05, 3.63) is 17.0 Å². The molecule has 8 nitrogen and oxygen atoms in total. The van der Waals surface area contributed by atoms with E-state index in [0.29, 0.717) is 19.0 Å². The number of amides is 2. The van der Waals surface area contributed by atoms with Crippen LogP contribution < -0.4 is 5.32 Å². The average Bonchev–Trinajstić information content (AvgIpc) is 2.83. The summed E-state index contributed by atoms with van der Waals surface area (Å²) in [5, 5.41) is 7.24. The highest BCUT2D eigenvalue weighted by molar-refractivity contribution is 5.92. The van der Waals surface area contributed by atoms with Gasteiger partial charge in [-0.05, 0) is 19.8 Å². The van der Waals surface area contributed by atoms with Crippen molar-refractivity contribution in [2.45, 2.75) is 53.1 Å². The van der Waals surface area contributed by atoms with Gasteiger partial charge in [-0.2, -0.15) is 5.10 Å². The number of esters is 1. The van der Waals surface area contributed by atoms with Crippen molar-refractivity contribution in [3.63, 3.8) is 0 Å². The molecule has 26 heavy (non-hydrogen) atoms. The lowest BCUT2D eigenvalue weighted by Crippen LogP contribution is -2.58. The topological polar surface area (TPSA) is 93.5 Å². The van der Waals surface area contributed by atoms with Gasteiger partial charge in [0.2, 0.25) is 11.8 Å². The fourth-order valence-corrected chi connectivity index (χ4v) is 3.22. The molecule has 1 N–H and O–H groups in total. The Morgan fingerprint density at radius 2 is 2.04 bits per heavy atom. The van der Waals surface area contributed by atoms with E-state index in [9.17, 15) is 14.4 Å². The monoisotopic (exact) mass is 364 g/mol. The van der Waals surface area contributed by atoms with Crippen LogP contribution in [0.4, 0.5) is 0 Å². The molecule has 1 atom stereocenters. The summed E-state index contributed by atoms with van der Waals surface area (Å²) < 4.78 is 6.58. The van der Waals surface area contributed by atoms with E-state index < -0.39 is 12.0 Å².